The number of aryl methyl sites for hydroxylation is 2. The summed E-state index contributed by atoms with van der Waals surface area (Å²) in [6.45, 7) is 5.76. The van der Waals surface area contributed by atoms with Gasteiger partial charge in [0.1, 0.15) is 10.9 Å². The van der Waals surface area contributed by atoms with Crippen molar-refractivity contribution >= 4 is 23.2 Å². The second-order valence-electron chi connectivity index (χ2n) is 5.82. The molecule has 6 heteroatoms. The largest absolute Gasteiger partial charge is 0.368 e. The van der Waals surface area contributed by atoms with Crippen LogP contribution in [0, 0.1) is 6.92 Å². The molecule has 128 valence electrons. The summed E-state index contributed by atoms with van der Waals surface area (Å²) in [5.74, 6) is -1.05. The Hall–Kier alpha value is -2.21. The fourth-order valence-electron chi connectivity index (χ4n) is 2.58. The maximum absolute atomic E-state index is 12.6. The molecule has 0 bridgehead atoms. The van der Waals surface area contributed by atoms with Gasteiger partial charge in [-0.3, -0.25) is 9.59 Å². The monoisotopic (exact) mass is 345 g/mol. The quantitative estimate of drug-likeness (QED) is 0.809. The lowest BCUT2D eigenvalue weighted by molar-refractivity contribution is -0.120. The van der Waals surface area contributed by atoms with Gasteiger partial charge in [0, 0.05) is 5.92 Å². The third-order valence-electron chi connectivity index (χ3n) is 3.93. The summed E-state index contributed by atoms with van der Waals surface area (Å²) in [5.41, 5.74) is 7.17. The maximum atomic E-state index is 12.6. The molecule has 2 amide bonds. The molecule has 3 N–H and O–H groups in total. The van der Waals surface area contributed by atoms with E-state index in [-0.39, 0.29) is 11.8 Å². The molecule has 0 radical (unpaired) electrons. The Morgan fingerprint density at radius 1 is 1.29 bits per heavy atom. The topological polar surface area (TPSA) is 85.1 Å². The Balaban J connectivity index is 2.18. The fraction of sp³-hybridized carbons (Fsp3) is 0.389. The van der Waals surface area contributed by atoms with Gasteiger partial charge in [-0.05, 0) is 25.3 Å². The molecule has 0 unspecified atom stereocenters. The van der Waals surface area contributed by atoms with E-state index in [0.29, 0.717) is 10.6 Å². The highest BCUT2D eigenvalue weighted by Gasteiger charge is 2.27. The first-order valence-electron chi connectivity index (χ1n) is 8.05. The molecule has 24 heavy (non-hydrogen) atoms. The summed E-state index contributed by atoms with van der Waals surface area (Å²) in [4.78, 5) is 29.4. The standard InChI is InChI=1S/C18H23N3O2S/c1-4-8-14-20-12(3)16(24-14)18(23)21-15(17(19)22)11(2)13-9-6-5-7-10-13/h5-7,9-11,15H,4,8H2,1-3H3,(H2,19,22)(H,21,23)/t11-,15+/m1/s1. The van der Waals surface area contributed by atoms with Crippen LogP contribution in [0.15, 0.2) is 30.3 Å². The number of rotatable bonds is 7. The predicted molar refractivity (Wildman–Crippen MR) is 96.2 cm³/mol. The number of thiazole rings is 1. The van der Waals surface area contributed by atoms with Crippen LogP contribution < -0.4 is 11.1 Å². The van der Waals surface area contributed by atoms with Gasteiger partial charge in [0.25, 0.3) is 5.91 Å². The minimum absolute atomic E-state index is 0.212. The van der Waals surface area contributed by atoms with Crippen molar-refractivity contribution in [2.45, 2.75) is 45.6 Å². The van der Waals surface area contributed by atoms with Gasteiger partial charge in [-0.2, -0.15) is 0 Å². The van der Waals surface area contributed by atoms with Crippen molar-refractivity contribution in [1.29, 1.82) is 0 Å². The minimum atomic E-state index is -0.768. The third kappa shape index (κ3) is 4.20. The molecule has 0 aliphatic rings. The number of nitrogens with zero attached hydrogens (tertiary/aromatic N) is 1. The Morgan fingerprint density at radius 3 is 2.54 bits per heavy atom. The van der Waals surface area contributed by atoms with Gasteiger partial charge in [0.05, 0.1) is 10.7 Å². The summed E-state index contributed by atoms with van der Waals surface area (Å²) < 4.78 is 0. The molecule has 0 saturated heterocycles. The van der Waals surface area contributed by atoms with Crippen molar-refractivity contribution in [3.05, 3.63) is 51.5 Å². The van der Waals surface area contributed by atoms with Crippen LogP contribution in [0.25, 0.3) is 0 Å². The molecule has 1 aromatic carbocycles. The highest BCUT2D eigenvalue weighted by atomic mass is 32.1. The van der Waals surface area contributed by atoms with Crippen LogP contribution in [0.3, 0.4) is 0 Å². The van der Waals surface area contributed by atoms with E-state index < -0.39 is 11.9 Å². The summed E-state index contributed by atoms with van der Waals surface area (Å²) in [6.07, 6.45) is 1.82. The summed E-state index contributed by atoms with van der Waals surface area (Å²) >= 11 is 1.38. The first-order valence-corrected chi connectivity index (χ1v) is 8.87. The summed E-state index contributed by atoms with van der Waals surface area (Å²) in [6, 6.07) is 8.78. The molecule has 0 saturated carbocycles. The number of aromatic nitrogens is 1. The second kappa shape index (κ2) is 8.06. The van der Waals surface area contributed by atoms with Gasteiger partial charge in [0.2, 0.25) is 5.91 Å². The first-order chi connectivity index (χ1) is 11.4. The van der Waals surface area contributed by atoms with E-state index in [2.05, 4.69) is 17.2 Å². The number of amides is 2. The van der Waals surface area contributed by atoms with Crippen molar-refractivity contribution in [2.24, 2.45) is 5.73 Å². The Bertz CT molecular complexity index is 712. The van der Waals surface area contributed by atoms with Crippen LogP contribution >= 0.6 is 11.3 Å². The molecule has 0 fully saturated rings. The number of nitrogens with two attached hydrogens (primary N) is 1. The van der Waals surface area contributed by atoms with Crippen molar-refractivity contribution < 1.29 is 9.59 Å². The van der Waals surface area contributed by atoms with E-state index >= 15 is 0 Å². The number of nitrogens with one attached hydrogen (secondary N) is 1. The number of benzene rings is 1. The van der Waals surface area contributed by atoms with E-state index in [1.54, 1.807) is 0 Å². The van der Waals surface area contributed by atoms with Gasteiger partial charge in [-0.1, -0.05) is 44.2 Å². The van der Waals surface area contributed by atoms with Crippen LogP contribution in [-0.4, -0.2) is 22.8 Å². The summed E-state index contributed by atoms with van der Waals surface area (Å²) in [7, 11) is 0. The highest BCUT2D eigenvalue weighted by Crippen LogP contribution is 2.22. The van der Waals surface area contributed by atoms with Crippen molar-refractivity contribution in [3.63, 3.8) is 0 Å². The van der Waals surface area contributed by atoms with Crippen LogP contribution in [0.1, 0.15) is 52.1 Å². The van der Waals surface area contributed by atoms with Crippen molar-refractivity contribution in [3.8, 4) is 0 Å². The lowest BCUT2D eigenvalue weighted by Crippen LogP contribution is -2.47. The zero-order valence-electron chi connectivity index (χ0n) is 14.2. The molecule has 1 heterocycles. The molecule has 2 aromatic rings. The molecule has 5 nitrogen and oxygen atoms in total. The predicted octanol–water partition coefficient (Wildman–Crippen LogP) is 2.79. The normalized spacial score (nSPS) is 13.3. The van der Waals surface area contributed by atoms with Gasteiger partial charge >= 0.3 is 0 Å². The van der Waals surface area contributed by atoms with E-state index in [4.69, 9.17) is 5.73 Å². The average molecular weight is 345 g/mol. The SMILES string of the molecule is CCCc1nc(C)c(C(=O)N[C@H](C(N)=O)[C@H](C)c2ccccc2)s1. The zero-order chi connectivity index (χ0) is 17.7. The summed E-state index contributed by atoms with van der Waals surface area (Å²) in [5, 5.41) is 3.72. The van der Waals surface area contributed by atoms with Gasteiger partial charge in [-0.15, -0.1) is 11.3 Å². The van der Waals surface area contributed by atoms with Crippen LogP contribution in [0.5, 0.6) is 0 Å². The Labute approximate surface area is 146 Å². The lowest BCUT2D eigenvalue weighted by Gasteiger charge is -2.22. The molecule has 0 aliphatic carbocycles. The van der Waals surface area contributed by atoms with E-state index in [1.165, 1.54) is 11.3 Å². The molecule has 2 rings (SSSR count). The minimum Gasteiger partial charge on any atom is -0.368 e. The van der Waals surface area contributed by atoms with E-state index in [9.17, 15) is 9.59 Å². The maximum Gasteiger partial charge on any atom is 0.263 e. The third-order valence-corrected chi connectivity index (χ3v) is 5.15. The van der Waals surface area contributed by atoms with Crippen LogP contribution in [0.4, 0.5) is 0 Å². The van der Waals surface area contributed by atoms with Crippen LogP contribution in [-0.2, 0) is 11.2 Å². The van der Waals surface area contributed by atoms with E-state index in [1.807, 2.05) is 44.2 Å². The average Bonchev–Trinajstić information content (AvgIpc) is 2.93. The Morgan fingerprint density at radius 2 is 1.96 bits per heavy atom. The number of hydrogen-bond donors (Lipinski definition) is 2. The molecule has 1 aromatic heterocycles. The molecule has 0 spiro atoms. The molecule has 0 aliphatic heterocycles. The zero-order valence-corrected chi connectivity index (χ0v) is 15.0. The number of carbonyl (C=O) groups is 2. The second-order valence-corrected chi connectivity index (χ2v) is 6.91. The van der Waals surface area contributed by atoms with Crippen LogP contribution in [0.2, 0.25) is 0 Å². The first kappa shape index (κ1) is 18.1. The van der Waals surface area contributed by atoms with Gasteiger partial charge in [0.15, 0.2) is 0 Å². The molecule has 2 atom stereocenters. The smallest absolute Gasteiger partial charge is 0.263 e. The lowest BCUT2D eigenvalue weighted by atomic mass is 9.93. The molecular weight excluding hydrogens is 322 g/mol. The van der Waals surface area contributed by atoms with Crippen molar-refractivity contribution in [2.75, 3.05) is 0 Å². The van der Waals surface area contributed by atoms with Gasteiger partial charge in [-0.25, -0.2) is 4.98 Å². The number of hydrogen-bond acceptors (Lipinski definition) is 4. The van der Waals surface area contributed by atoms with Crippen molar-refractivity contribution in [1.82, 2.24) is 10.3 Å². The number of primary amides is 1. The highest BCUT2D eigenvalue weighted by molar-refractivity contribution is 7.13. The Kier molecular flexibility index (Phi) is 6.09. The fourth-order valence-corrected chi connectivity index (χ4v) is 3.65. The number of carbonyl (C=O) groups excluding carboxylic acids is 2. The van der Waals surface area contributed by atoms with Gasteiger partial charge < -0.3 is 11.1 Å². The van der Waals surface area contributed by atoms with E-state index in [0.717, 1.165) is 23.4 Å². The molecular formula is C18H23N3O2S.